The Morgan fingerprint density at radius 2 is 2.00 bits per heavy atom. The first kappa shape index (κ1) is 20.9. The molecular weight excluding hydrogens is 429 g/mol. The van der Waals surface area contributed by atoms with E-state index in [0.717, 1.165) is 31.3 Å². The number of rotatable bonds is 6. The molecule has 0 aliphatic carbocycles. The fourth-order valence-corrected chi connectivity index (χ4v) is 4.10. The Labute approximate surface area is 184 Å². The number of methoxy groups -OCH3 is 1. The molecule has 4 rings (SSSR count). The maximum atomic E-state index is 12.3. The van der Waals surface area contributed by atoms with Crippen LogP contribution in [0.15, 0.2) is 30.7 Å². The summed E-state index contributed by atoms with van der Waals surface area (Å²) < 4.78 is 17.3. The second-order valence-corrected chi connectivity index (χ2v) is 7.91. The first-order valence-electron chi connectivity index (χ1n) is 9.69. The maximum Gasteiger partial charge on any atom is 0.221 e. The number of hydrogen-bond donors (Lipinski definition) is 0. The monoisotopic (exact) mass is 449 g/mol. The Morgan fingerprint density at radius 3 is 2.70 bits per heavy atom. The minimum absolute atomic E-state index is 0.0221. The van der Waals surface area contributed by atoms with E-state index in [-0.39, 0.29) is 12.5 Å². The van der Waals surface area contributed by atoms with Crippen molar-refractivity contribution in [1.29, 1.82) is 0 Å². The molecule has 3 aromatic rings. The number of benzene rings is 1. The Kier molecular flexibility index (Phi) is 6.41. The summed E-state index contributed by atoms with van der Waals surface area (Å²) in [6.07, 6.45) is 7.84. The summed E-state index contributed by atoms with van der Waals surface area (Å²) >= 11 is 12.5. The number of ether oxygens (including phenoxy) is 3. The van der Waals surface area contributed by atoms with E-state index in [9.17, 15) is 5.21 Å². The third kappa shape index (κ3) is 4.38. The molecule has 1 fully saturated rings. The molecular formula is C21H21Cl2N3O4. The van der Waals surface area contributed by atoms with Crippen LogP contribution in [0.4, 0.5) is 0 Å². The van der Waals surface area contributed by atoms with Crippen LogP contribution in [0.5, 0.6) is 11.5 Å². The van der Waals surface area contributed by atoms with Crippen LogP contribution in [-0.2, 0) is 11.2 Å². The minimum Gasteiger partial charge on any atom is -0.594 e. The molecule has 0 N–H and O–H groups in total. The van der Waals surface area contributed by atoms with Gasteiger partial charge in [-0.1, -0.05) is 28.0 Å². The van der Waals surface area contributed by atoms with Crippen LogP contribution in [0.3, 0.4) is 0 Å². The molecule has 2 aromatic heterocycles. The summed E-state index contributed by atoms with van der Waals surface area (Å²) in [7, 11) is 1.56. The van der Waals surface area contributed by atoms with Crippen molar-refractivity contribution in [3.8, 4) is 11.5 Å². The van der Waals surface area contributed by atoms with Crippen molar-refractivity contribution >= 4 is 34.0 Å². The van der Waals surface area contributed by atoms with Crippen molar-refractivity contribution in [2.45, 2.75) is 31.8 Å². The Bertz CT molecular complexity index is 1040. The number of hydrogen-bond acceptors (Lipinski definition) is 6. The van der Waals surface area contributed by atoms with Crippen LogP contribution in [0.25, 0.3) is 10.8 Å². The van der Waals surface area contributed by atoms with Crippen LogP contribution in [0.1, 0.15) is 30.5 Å². The third-order valence-corrected chi connectivity index (χ3v) is 5.79. The molecule has 7 nitrogen and oxygen atoms in total. The van der Waals surface area contributed by atoms with Gasteiger partial charge in [-0.25, -0.2) is 0 Å². The van der Waals surface area contributed by atoms with Crippen molar-refractivity contribution in [3.05, 3.63) is 57.2 Å². The molecule has 158 valence electrons. The van der Waals surface area contributed by atoms with Gasteiger partial charge in [0.15, 0.2) is 11.5 Å². The molecule has 0 amide bonds. The first-order chi connectivity index (χ1) is 14.6. The Balaban J connectivity index is 1.74. The van der Waals surface area contributed by atoms with E-state index >= 15 is 0 Å². The lowest BCUT2D eigenvalue weighted by atomic mass is 10.0. The average molecular weight is 450 g/mol. The second-order valence-electron chi connectivity index (χ2n) is 7.09. The number of aromatic nitrogens is 3. The van der Waals surface area contributed by atoms with Crippen LogP contribution >= 0.6 is 23.2 Å². The Morgan fingerprint density at radius 1 is 1.20 bits per heavy atom. The Hall–Kier alpha value is -2.35. The van der Waals surface area contributed by atoms with Gasteiger partial charge in [0.05, 0.1) is 28.6 Å². The lowest BCUT2D eigenvalue weighted by molar-refractivity contribution is -0.668. The van der Waals surface area contributed by atoms with Gasteiger partial charge in [-0.3, -0.25) is 4.98 Å². The second kappa shape index (κ2) is 9.20. The van der Waals surface area contributed by atoms with Crippen LogP contribution in [0, 0.1) is 5.21 Å². The zero-order chi connectivity index (χ0) is 21.1. The fraction of sp³-hybridized carbons (Fsp3) is 0.381. The number of fused-ring (bicyclic) bond motifs is 1. The van der Waals surface area contributed by atoms with Crippen LogP contribution in [0.2, 0.25) is 10.0 Å². The highest BCUT2D eigenvalue weighted by molar-refractivity contribution is 6.35. The van der Waals surface area contributed by atoms with Gasteiger partial charge in [0, 0.05) is 35.9 Å². The quantitative estimate of drug-likeness (QED) is 0.415. The van der Waals surface area contributed by atoms with Crippen molar-refractivity contribution in [3.63, 3.8) is 0 Å². The van der Waals surface area contributed by atoms with E-state index in [1.165, 1.54) is 18.6 Å². The van der Waals surface area contributed by atoms with Gasteiger partial charge in [-0.15, -0.1) is 0 Å². The summed E-state index contributed by atoms with van der Waals surface area (Å²) in [5.41, 5.74) is 1.18. The smallest absolute Gasteiger partial charge is 0.221 e. The SMILES string of the molecule is COc1ccc2c(Cc3c(Cl)cncc3Cl)n[n+]([O-])cc2c1OCC1CCCCO1. The fourth-order valence-electron chi connectivity index (χ4n) is 3.60. The van der Waals surface area contributed by atoms with Crippen LogP contribution in [-0.4, -0.2) is 36.5 Å². The van der Waals surface area contributed by atoms with Crippen molar-refractivity contribution in [2.75, 3.05) is 20.3 Å². The number of nitrogens with zero attached hydrogens (tertiary/aromatic N) is 3. The van der Waals surface area contributed by atoms with E-state index in [1.807, 2.05) is 6.07 Å². The number of halogens is 2. The topological polar surface area (TPSA) is 80.4 Å². The lowest BCUT2D eigenvalue weighted by Gasteiger charge is -2.23. The number of pyridine rings is 1. The molecule has 3 heterocycles. The van der Waals surface area contributed by atoms with E-state index in [2.05, 4.69) is 10.1 Å². The average Bonchev–Trinajstić information content (AvgIpc) is 2.75. The normalized spacial score (nSPS) is 16.6. The standard InChI is InChI=1S/C21H21Cl2N3O4/c1-28-20-6-5-14-16(21(20)30-12-13-4-2-3-7-29-13)11-26(27)25-19(14)8-15-17(22)9-24-10-18(15)23/h5-6,9-11,13H,2-4,7-8,12H2,1H3. The van der Waals surface area contributed by atoms with Crippen molar-refractivity contribution in [1.82, 2.24) is 10.1 Å². The minimum atomic E-state index is 0.0221. The summed E-state index contributed by atoms with van der Waals surface area (Å²) in [5.74, 6) is 1.03. The molecule has 1 aliphatic rings. The van der Waals surface area contributed by atoms with E-state index in [1.54, 1.807) is 13.2 Å². The molecule has 1 aliphatic heterocycles. The van der Waals surface area contributed by atoms with Gasteiger partial charge in [-0.2, -0.15) is 0 Å². The van der Waals surface area contributed by atoms with Crippen molar-refractivity contribution in [2.24, 2.45) is 0 Å². The van der Waals surface area contributed by atoms with Gasteiger partial charge in [-0.05, 0) is 37.0 Å². The zero-order valence-corrected chi connectivity index (χ0v) is 17.9. The maximum absolute atomic E-state index is 12.3. The van der Waals surface area contributed by atoms with Crippen LogP contribution < -0.4 is 14.3 Å². The van der Waals surface area contributed by atoms with Gasteiger partial charge < -0.3 is 19.4 Å². The van der Waals surface area contributed by atoms with E-state index in [0.29, 0.717) is 49.6 Å². The molecule has 1 aromatic carbocycles. The molecule has 1 saturated heterocycles. The highest BCUT2D eigenvalue weighted by atomic mass is 35.5. The van der Waals surface area contributed by atoms with Gasteiger partial charge >= 0.3 is 0 Å². The molecule has 0 spiro atoms. The third-order valence-electron chi connectivity index (χ3n) is 5.13. The molecule has 1 atom stereocenters. The summed E-state index contributed by atoms with van der Waals surface area (Å²) in [4.78, 5) is 4.49. The molecule has 0 bridgehead atoms. The molecule has 0 saturated carbocycles. The largest absolute Gasteiger partial charge is 0.594 e. The zero-order valence-electron chi connectivity index (χ0n) is 16.4. The molecule has 30 heavy (non-hydrogen) atoms. The predicted molar refractivity (Wildman–Crippen MR) is 113 cm³/mol. The summed E-state index contributed by atoms with van der Waals surface area (Å²) in [6.45, 7) is 1.12. The molecule has 0 radical (unpaired) electrons. The highest BCUT2D eigenvalue weighted by Crippen LogP contribution is 2.37. The first-order valence-corrected chi connectivity index (χ1v) is 10.4. The van der Waals surface area contributed by atoms with Gasteiger partial charge in [0.2, 0.25) is 6.20 Å². The van der Waals surface area contributed by atoms with Gasteiger partial charge in [0.25, 0.3) is 0 Å². The highest BCUT2D eigenvalue weighted by Gasteiger charge is 2.21. The summed E-state index contributed by atoms with van der Waals surface area (Å²) in [5, 5.41) is 18.6. The van der Waals surface area contributed by atoms with E-state index in [4.69, 9.17) is 37.4 Å². The van der Waals surface area contributed by atoms with E-state index < -0.39 is 0 Å². The van der Waals surface area contributed by atoms with Gasteiger partial charge in [0.1, 0.15) is 12.3 Å². The predicted octanol–water partition coefficient (Wildman–Crippen LogP) is 4.12. The lowest BCUT2D eigenvalue weighted by Crippen LogP contribution is -2.32. The molecule has 1 unspecified atom stereocenters. The van der Waals surface area contributed by atoms with Crippen molar-refractivity contribution < 1.29 is 19.1 Å². The summed E-state index contributed by atoms with van der Waals surface area (Å²) in [6, 6.07) is 3.65. The molecule has 9 heteroatoms.